The molecule has 0 aliphatic rings. The van der Waals surface area contributed by atoms with Crippen LogP contribution >= 0.6 is 11.6 Å². The molecule has 2 aromatic carbocycles. The number of tetrazole rings is 1. The van der Waals surface area contributed by atoms with E-state index in [1.165, 1.54) is 6.33 Å². The number of aromatic nitrogens is 7. The predicted molar refractivity (Wildman–Crippen MR) is 103 cm³/mol. The van der Waals surface area contributed by atoms with Crippen LogP contribution in [0.5, 0.6) is 0 Å². The van der Waals surface area contributed by atoms with Crippen LogP contribution in [0.15, 0.2) is 48.8 Å². The lowest BCUT2D eigenvalue weighted by molar-refractivity contribution is 0.102. The first-order valence-electron chi connectivity index (χ1n) is 8.36. The fraction of sp³-hybridized carbons (Fsp3) is 0.111. The summed E-state index contributed by atoms with van der Waals surface area (Å²) < 4.78 is 3.13. The number of halogens is 1. The molecule has 0 bridgehead atoms. The molecule has 0 aliphatic carbocycles. The highest BCUT2D eigenvalue weighted by Gasteiger charge is 2.18. The van der Waals surface area contributed by atoms with E-state index in [1.54, 1.807) is 34.5 Å². The number of hydrogen-bond acceptors (Lipinski definition) is 6. The van der Waals surface area contributed by atoms with E-state index in [1.807, 2.05) is 31.2 Å². The third kappa shape index (κ3) is 3.35. The van der Waals surface area contributed by atoms with Crippen molar-refractivity contribution in [1.82, 2.24) is 35.2 Å². The second-order valence-electron chi connectivity index (χ2n) is 6.12. The zero-order chi connectivity index (χ0) is 19.7. The molecule has 1 N–H and O–H groups in total. The molecule has 0 atom stereocenters. The van der Waals surface area contributed by atoms with Crippen molar-refractivity contribution < 1.29 is 4.79 Å². The fourth-order valence-corrected chi connectivity index (χ4v) is 3.03. The normalized spacial score (nSPS) is 10.8. The van der Waals surface area contributed by atoms with E-state index in [-0.39, 0.29) is 11.6 Å². The number of rotatable bonds is 4. The number of aryl methyl sites for hydroxylation is 1. The van der Waals surface area contributed by atoms with Gasteiger partial charge in [-0.2, -0.15) is 0 Å². The van der Waals surface area contributed by atoms with Gasteiger partial charge in [0.1, 0.15) is 6.33 Å². The maximum Gasteiger partial charge on any atom is 0.278 e. The molecule has 0 aliphatic heterocycles. The minimum absolute atomic E-state index is 0.238. The van der Waals surface area contributed by atoms with Crippen molar-refractivity contribution in [3.8, 4) is 11.4 Å². The predicted octanol–water partition coefficient (Wildman–Crippen LogP) is 2.77. The molecule has 0 spiro atoms. The van der Waals surface area contributed by atoms with Crippen molar-refractivity contribution in [3.63, 3.8) is 0 Å². The Morgan fingerprint density at radius 1 is 1.11 bits per heavy atom. The van der Waals surface area contributed by atoms with E-state index >= 15 is 0 Å². The molecule has 10 heteroatoms. The van der Waals surface area contributed by atoms with Crippen molar-refractivity contribution in [2.24, 2.45) is 0 Å². The molecule has 4 rings (SSSR count). The van der Waals surface area contributed by atoms with Crippen LogP contribution in [-0.4, -0.2) is 41.1 Å². The number of carbonyl (C=O) groups is 1. The highest BCUT2D eigenvalue weighted by Crippen LogP contribution is 2.20. The van der Waals surface area contributed by atoms with E-state index in [2.05, 4.69) is 31.2 Å². The molecule has 2 aromatic heterocycles. The molecule has 0 radical (unpaired) electrons. The van der Waals surface area contributed by atoms with Gasteiger partial charge in [-0.3, -0.25) is 4.79 Å². The van der Waals surface area contributed by atoms with E-state index in [0.717, 1.165) is 16.9 Å². The van der Waals surface area contributed by atoms with Gasteiger partial charge in [0.2, 0.25) is 0 Å². The standard InChI is InChI=1S/C18H15ClN8O/c1-11-8-14(6-7-16(11)26-10-20-23-25-26)21-18(28)17-12(2)27(24-22-17)15-5-3-4-13(19)9-15/h3-10H,1-2H3,(H,21,28). The molecular weight excluding hydrogens is 380 g/mol. The smallest absolute Gasteiger partial charge is 0.278 e. The summed E-state index contributed by atoms with van der Waals surface area (Å²) in [6, 6.07) is 12.6. The van der Waals surface area contributed by atoms with E-state index in [0.29, 0.717) is 16.4 Å². The van der Waals surface area contributed by atoms with E-state index in [9.17, 15) is 4.79 Å². The molecule has 9 nitrogen and oxygen atoms in total. The summed E-state index contributed by atoms with van der Waals surface area (Å²) in [5.41, 5.74) is 3.95. The zero-order valence-electron chi connectivity index (χ0n) is 15.0. The molecule has 28 heavy (non-hydrogen) atoms. The summed E-state index contributed by atoms with van der Waals surface area (Å²) in [5.74, 6) is -0.347. The Kier molecular flexibility index (Phi) is 4.58. The van der Waals surface area contributed by atoms with Gasteiger partial charge >= 0.3 is 0 Å². The molecular formula is C18H15ClN8O. The third-order valence-corrected chi connectivity index (χ3v) is 4.45. The summed E-state index contributed by atoms with van der Waals surface area (Å²) in [6.07, 6.45) is 1.51. The van der Waals surface area contributed by atoms with Crippen molar-refractivity contribution in [2.45, 2.75) is 13.8 Å². The molecule has 2 heterocycles. The topological polar surface area (TPSA) is 103 Å². The summed E-state index contributed by atoms with van der Waals surface area (Å²) in [4.78, 5) is 12.7. The summed E-state index contributed by atoms with van der Waals surface area (Å²) in [5, 5.41) is 22.7. The van der Waals surface area contributed by atoms with Gasteiger partial charge in [-0.25, -0.2) is 9.36 Å². The van der Waals surface area contributed by atoms with Gasteiger partial charge in [-0.1, -0.05) is 22.9 Å². The van der Waals surface area contributed by atoms with Crippen molar-refractivity contribution in [3.05, 3.63) is 70.8 Å². The Hall–Kier alpha value is -3.59. The molecule has 1 amide bonds. The fourth-order valence-electron chi connectivity index (χ4n) is 2.84. The number of nitrogens with one attached hydrogen (secondary N) is 1. The van der Waals surface area contributed by atoms with Gasteiger partial charge in [-0.15, -0.1) is 10.2 Å². The second-order valence-corrected chi connectivity index (χ2v) is 6.56. The average Bonchev–Trinajstić information content (AvgIpc) is 3.31. The first kappa shape index (κ1) is 17.8. The van der Waals surface area contributed by atoms with Crippen LogP contribution in [0, 0.1) is 13.8 Å². The average molecular weight is 395 g/mol. The Balaban J connectivity index is 1.57. The SMILES string of the molecule is Cc1cc(NC(=O)c2nnn(-c3cccc(Cl)c3)c2C)ccc1-n1cnnn1. The molecule has 0 fully saturated rings. The number of benzene rings is 2. The van der Waals surface area contributed by atoms with Crippen LogP contribution in [0.2, 0.25) is 5.02 Å². The Morgan fingerprint density at radius 2 is 1.96 bits per heavy atom. The van der Waals surface area contributed by atoms with Gasteiger partial charge in [0.15, 0.2) is 5.69 Å². The largest absolute Gasteiger partial charge is 0.321 e. The first-order chi connectivity index (χ1) is 13.5. The Morgan fingerprint density at radius 3 is 2.68 bits per heavy atom. The van der Waals surface area contributed by atoms with Crippen molar-refractivity contribution in [1.29, 1.82) is 0 Å². The number of amides is 1. The van der Waals surface area contributed by atoms with Crippen LogP contribution in [-0.2, 0) is 0 Å². The maximum atomic E-state index is 12.7. The Labute approximate surface area is 164 Å². The highest BCUT2D eigenvalue weighted by molar-refractivity contribution is 6.30. The summed E-state index contributed by atoms with van der Waals surface area (Å²) in [6.45, 7) is 3.69. The van der Waals surface area contributed by atoms with Crippen LogP contribution in [0.1, 0.15) is 21.7 Å². The quantitative estimate of drug-likeness (QED) is 0.570. The lowest BCUT2D eigenvalue weighted by atomic mass is 10.1. The van der Waals surface area contributed by atoms with E-state index < -0.39 is 0 Å². The molecule has 0 unspecified atom stereocenters. The number of hydrogen-bond donors (Lipinski definition) is 1. The lowest BCUT2D eigenvalue weighted by Crippen LogP contribution is -2.14. The van der Waals surface area contributed by atoms with Gasteiger partial charge in [-0.05, 0) is 66.2 Å². The van der Waals surface area contributed by atoms with E-state index in [4.69, 9.17) is 11.6 Å². The minimum Gasteiger partial charge on any atom is -0.321 e. The minimum atomic E-state index is -0.347. The summed E-state index contributed by atoms with van der Waals surface area (Å²) in [7, 11) is 0. The van der Waals surface area contributed by atoms with Crippen molar-refractivity contribution in [2.75, 3.05) is 5.32 Å². The Bertz CT molecular complexity index is 1150. The van der Waals surface area contributed by atoms with Crippen LogP contribution in [0.3, 0.4) is 0 Å². The zero-order valence-corrected chi connectivity index (χ0v) is 15.8. The maximum absolute atomic E-state index is 12.7. The monoisotopic (exact) mass is 394 g/mol. The van der Waals surface area contributed by atoms with Gasteiger partial charge in [0.05, 0.1) is 17.1 Å². The molecule has 0 saturated heterocycles. The lowest BCUT2D eigenvalue weighted by Gasteiger charge is -2.09. The van der Waals surface area contributed by atoms with Crippen LogP contribution in [0.25, 0.3) is 11.4 Å². The van der Waals surface area contributed by atoms with Crippen LogP contribution < -0.4 is 5.32 Å². The molecule has 4 aromatic rings. The van der Waals surface area contributed by atoms with Crippen LogP contribution in [0.4, 0.5) is 5.69 Å². The van der Waals surface area contributed by atoms with Gasteiger partial charge < -0.3 is 5.32 Å². The van der Waals surface area contributed by atoms with Gasteiger partial charge in [0.25, 0.3) is 5.91 Å². The number of anilines is 1. The summed E-state index contributed by atoms with van der Waals surface area (Å²) >= 11 is 6.03. The van der Waals surface area contributed by atoms with Crippen molar-refractivity contribution >= 4 is 23.2 Å². The first-order valence-corrected chi connectivity index (χ1v) is 8.74. The van der Waals surface area contributed by atoms with Gasteiger partial charge in [0, 0.05) is 10.7 Å². The number of nitrogens with zero attached hydrogens (tertiary/aromatic N) is 7. The highest BCUT2D eigenvalue weighted by atomic mass is 35.5. The molecule has 0 saturated carbocycles. The number of carbonyl (C=O) groups excluding carboxylic acids is 1. The second kappa shape index (κ2) is 7.20. The third-order valence-electron chi connectivity index (χ3n) is 4.21. The molecule has 140 valence electrons.